The Morgan fingerprint density at radius 3 is 2.68 bits per heavy atom. The van der Waals surface area contributed by atoms with E-state index in [2.05, 4.69) is 16.0 Å². The zero-order valence-electron chi connectivity index (χ0n) is 12.8. The molecule has 1 unspecified atom stereocenters. The summed E-state index contributed by atoms with van der Waals surface area (Å²) >= 11 is 0. The summed E-state index contributed by atoms with van der Waals surface area (Å²) in [6.07, 6.45) is 2.61. The number of amides is 1. The Kier molecular flexibility index (Phi) is 9.41. The molecule has 7 heteroatoms. The molecular formula is C15H24Cl2FN3O. The first kappa shape index (κ1) is 21.0. The molecule has 0 spiro atoms. The van der Waals surface area contributed by atoms with E-state index >= 15 is 0 Å². The maximum Gasteiger partial charge on any atom is 0.225 e. The van der Waals surface area contributed by atoms with Gasteiger partial charge in [0, 0.05) is 18.5 Å². The molecular weight excluding hydrogens is 328 g/mol. The standard InChI is InChI=1S/C15H22FN3O.2ClH/c1-10(2)18-14-8-11(16)5-6-13(14)19-15(20)9-12-4-3-7-17-12;;/h5-6,8,10,12,17-18H,3-4,7,9H2,1-2H3,(H,19,20);2*1H. The topological polar surface area (TPSA) is 53.2 Å². The van der Waals surface area contributed by atoms with Crippen LogP contribution in [0.2, 0.25) is 0 Å². The van der Waals surface area contributed by atoms with Crippen molar-refractivity contribution in [2.45, 2.75) is 45.2 Å². The van der Waals surface area contributed by atoms with E-state index in [1.165, 1.54) is 12.1 Å². The summed E-state index contributed by atoms with van der Waals surface area (Å²) in [6, 6.07) is 4.79. The number of benzene rings is 1. The molecule has 1 amide bonds. The largest absolute Gasteiger partial charge is 0.381 e. The van der Waals surface area contributed by atoms with E-state index in [9.17, 15) is 9.18 Å². The lowest BCUT2D eigenvalue weighted by atomic mass is 10.1. The molecule has 1 atom stereocenters. The molecule has 0 bridgehead atoms. The van der Waals surface area contributed by atoms with E-state index in [0.29, 0.717) is 17.8 Å². The van der Waals surface area contributed by atoms with Gasteiger partial charge in [0.2, 0.25) is 5.91 Å². The highest BCUT2D eigenvalue weighted by Gasteiger charge is 2.18. The maximum atomic E-state index is 13.3. The highest BCUT2D eigenvalue weighted by molar-refractivity contribution is 5.94. The molecule has 2 rings (SSSR count). The lowest BCUT2D eigenvalue weighted by molar-refractivity contribution is -0.116. The average Bonchev–Trinajstić information content (AvgIpc) is 2.84. The van der Waals surface area contributed by atoms with Gasteiger partial charge in [0.15, 0.2) is 0 Å². The van der Waals surface area contributed by atoms with Crippen LogP contribution in [0.15, 0.2) is 18.2 Å². The number of carbonyl (C=O) groups is 1. The highest BCUT2D eigenvalue weighted by atomic mass is 35.5. The van der Waals surface area contributed by atoms with Crippen LogP contribution in [0.4, 0.5) is 15.8 Å². The molecule has 1 saturated heterocycles. The SMILES string of the molecule is CC(C)Nc1cc(F)ccc1NC(=O)CC1CCCN1.Cl.Cl. The summed E-state index contributed by atoms with van der Waals surface area (Å²) in [7, 11) is 0. The molecule has 1 aromatic carbocycles. The number of hydrogen-bond donors (Lipinski definition) is 3. The van der Waals surface area contributed by atoms with E-state index in [1.54, 1.807) is 6.07 Å². The van der Waals surface area contributed by atoms with Crippen molar-refractivity contribution in [2.24, 2.45) is 0 Å². The molecule has 3 N–H and O–H groups in total. The number of anilines is 2. The van der Waals surface area contributed by atoms with E-state index < -0.39 is 0 Å². The fourth-order valence-electron chi connectivity index (χ4n) is 2.41. The van der Waals surface area contributed by atoms with Gasteiger partial charge < -0.3 is 16.0 Å². The van der Waals surface area contributed by atoms with Crippen molar-refractivity contribution < 1.29 is 9.18 Å². The second-order valence-corrected chi connectivity index (χ2v) is 5.53. The Bertz CT molecular complexity index is 480. The summed E-state index contributed by atoms with van der Waals surface area (Å²) in [4.78, 5) is 12.0. The van der Waals surface area contributed by atoms with Gasteiger partial charge in [-0.3, -0.25) is 4.79 Å². The Hall–Kier alpha value is -1.04. The highest BCUT2D eigenvalue weighted by Crippen LogP contribution is 2.24. The number of hydrogen-bond acceptors (Lipinski definition) is 3. The summed E-state index contributed by atoms with van der Waals surface area (Å²) in [5.74, 6) is -0.355. The van der Waals surface area contributed by atoms with Crippen LogP contribution in [-0.4, -0.2) is 24.5 Å². The molecule has 22 heavy (non-hydrogen) atoms. The minimum atomic E-state index is -0.316. The van der Waals surface area contributed by atoms with Crippen LogP contribution in [0, 0.1) is 5.82 Å². The number of rotatable bonds is 5. The molecule has 0 radical (unpaired) electrons. The number of halogens is 3. The van der Waals surface area contributed by atoms with Crippen molar-refractivity contribution in [3.63, 3.8) is 0 Å². The Morgan fingerprint density at radius 2 is 2.09 bits per heavy atom. The zero-order chi connectivity index (χ0) is 14.5. The van der Waals surface area contributed by atoms with Crippen LogP contribution in [0.25, 0.3) is 0 Å². The molecule has 0 aromatic heterocycles. The number of nitrogens with one attached hydrogen (secondary N) is 3. The molecule has 1 aliphatic heterocycles. The summed E-state index contributed by atoms with van der Waals surface area (Å²) in [6.45, 7) is 4.92. The van der Waals surface area contributed by atoms with Gasteiger partial charge >= 0.3 is 0 Å². The summed E-state index contributed by atoms with van der Waals surface area (Å²) < 4.78 is 13.3. The van der Waals surface area contributed by atoms with Gasteiger partial charge in [-0.2, -0.15) is 0 Å². The summed E-state index contributed by atoms with van der Waals surface area (Å²) in [5.41, 5.74) is 1.25. The van der Waals surface area contributed by atoms with Crippen molar-refractivity contribution in [2.75, 3.05) is 17.2 Å². The molecule has 1 aromatic rings. The van der Waals surface area contributed by atoms with E-state index in [-0.39, 0.29) is 48.6 Å². The van der Waals surface area contributed by atoms with Gasteiger partial charge in [-0.15, -0.1) is 24.8 Å². The first-order chi connectivity index (χ1) is 9.54. The van der Waals surface area contributed by atoms with Crippen molar-refractivity contribution in [1.82, 2.24) is 5.32 Å². The fraction of sp³-hybridized carbons (Fsp3) is 0.533. The van der Waals surface area contributed by atoms with Gasteiger partial charge in [-0.05, 0) is 51.4 Å². The smallest absolute Gasteiger partial charge is 0.225 e. The van der Waals surface area contributed by atoms with Crippen LogP contribution < -0.4 is 16.0 Å². The lowest BCUT2D eigenvalue weighted by Gasteiger charge is -2.16. The van der Waals surface area contributed by atoms with E-state index in [1.807, 2.05) is 13.8 Å². The first-order valence-corrected chi connectivity index (χ1v) is 7.14. The molecule has 0 aliphatic carbocycles. The van der Waals surface area contributed by atoms with Gasteiger partial charge in [0.05, 0.1) is 11.4 Å². The lowest BCUT2D eigenvalue weighted by Crippen LogP contribution is -2.27. The molecule has 0 saturated carbocycles. The van der Waals surface area contributed by atoms with Crippen LogP contribution in [-0.2, 0) is 4.79 Å². The Morgan fingerprint density at radius 1 is 1.36 bits per heavy atom. The van der Waals surface area contributed by atoms with Gasteiger partial charge in [-0.1, -0.05) is 0 Å². The van der Waals surface area contributed by atoms with Crippen molar-refractivity contribution >= 4 is 42.1 Å². The van der Waals surface area contributed by atoms with Crippen LogP contribution in [0.1, 0.15) is 33.1 Å². The Labute approximate surface area is 143 Å². The third kappa shape index (κ3) is 6.38. The number of carbonyl (C=O) groups excluding carboxylic acids is 1. The third-order valence-electron chi connectivity index (χ3n) is 3.29. The molecule has 1 fully saturated rings. The fourth-order valence-corrected chi connectivity index (χ4v) is 2.41. The predicted octanol–water partition coefficient (Wildman–Crippen LogP) is 3.57. The predicted molar refractivity (Wildman–Crippen MR) is 93.9 cm³/mol. The third-order valence-corrected chi connectivity index (χ3v) is 3.29. The van der Waals surface area contributed by atoms with E-state index in [0.717, 1.165) is 19.4 Å². The first-order valence-electron chi connectivity index (χ1n) is 7.14. The van der Waals surface area contributed by atoms with Crippen LogP contribution in [0.5, 0.6) is 0 Å². The van der Waals surface area contributed by atoms with Gasteiger partial charge in [-0.25, -0.2) is 4.39 Å². The quantitative estimate of drug-likeness (QED) is 0.759. The van der Waals surface area contributed by atoms with Crippen LogP contribution >= 0.6 is 24.8 Å². The second kappa shape index (κ2) is 9.87. The maximum absolute atomic E-state index is 13.3. The Balaban J connectivity index is 0.00000220. The van der Waals surface area contributed by atoms with Crippen LogP contribution in [0.3, 0.4) is 0 Å². The second-order valence-electron chi connectivity index (χ2n) is 5.53. The molecule has 4 nitrogen and oxygen atoms in total. The molecule has 1 aliphatic rings. The van der Waals surface area contributed by atoms with Crippen molar-refractivity contribution in [3.05, 3.63) is 24.0 Å². The van der Waals surface area contributed by atoms with E-state index in [4.69, 9.17) is 0 Å². The minimum Gasteiger partial charge on any atom is -0.381 e. The van der Waals surface area contributed by atoms with Crippen molar-refractivity contribution in [1.29, 1.82) is 0 Å². The minimum absolute atomic E-state index is 0. The average molecular weight is 352 g/mol. The van der Waals surface area contributed by atoms with Gasteiger partial charge in [0.25, 0.3) is 0 Å². The van der Waals surface area contributed by atoms with Crippen molar-refractivity contribution in [3.8, 4) is 0 Å². The molecule has 126 valence electrons. The molecule has 1 heterocycles. The zero-order valence-corrected chi connectivity index (χ0v) is 14.5. The summed E-state index contributed by atoms with van der Waals surface area (Å²) in [5, 5.41) is 9.30. The monoisotopic (exact) mass is 351 g/mol. The normalized spacial score (nSPS) is 16.6. The van der Waals surface area contributed by atoms with Gasteiger partial charge in [0.1, 0.15) is 5.82 Å².